The summed E-state index contributed by atoms with van der Waals surface area (Å²) in [5.41, 5.74) is 0. The van der Waals surface area contributed by atoms with E-state index < -0.39 is 0 Å². The van der Waals surface area contributed by atoms with Crippen molar-refractivity contribution >= 4 is 0 Å². The Balaban J connectivity index is 2.16. The predicted molar refractivity (Wildman–Crippen MR) is 73.4 cm³/mol. The van der Waals surface area contributed by atoms with Crippen LogP contribution in [0.1, 0.15) is 39.5 Å². The molecule has 1 aliphatic rings. The molecular formula is C14H30N2O. The minimum atomic E-state index is 0.848. The van der Waals surface area contributed by atoms with E-state index in [1.807, 2.05) is 0 Å². The van der Waals surface area contributed by atoms with Gasteiger partial charge in [-0.15, -0.1) is 0 Å². The van der Waals surface area contributed by atoms with Gasteiger partial charge in [0.25, 0.3) is 0 Å². The Hall–Kier alpha value is -0.120. The van der Waals surface area contributed by atoms with Gasteiger partial charge in [-0.2, -0.15) is 0 Å². The van der Waals surface area contributed by atoms with Crippen molar-refractivity contribution in [2.75, 3.05) is 45.9 Å². The lowest BCUT2D eigenvalue weighted by atomic mass is 9.99. The summed E-state index contributed by atoms with van der Waals surface area (Å²) in [5.74, 6) is 0.863. The van der Waals surface area contributed by atoms with Gasteiger partial charge in [0.2, 0.25) is 0 Å². The normalized spacial score (nSPS) is 21.0. The molecule has 0 aromatic heterocycles. The highest BCUT2D eigenvalue weighted by Crippen LogP contribution is 2.12. The van der Waals surface area contributed by atoms with Crippen LogP contribution in [-0.2, 0) is 4.74 Å². The largest absolute Gasteiger partial charge is 0.382 e. The standard InChI is InChI=1S/C14H30N2O/c1-3-9-16(10-6-11-17-4-2)13-14-7-5-8-15-12-14/h14-15H,3-13H2,1-2H3. The minimum absolute atomic E-state index is 0.848. The number of hydrogen-bond acceptors (Lipinski definition) is 3. The first-order valence-corrected chi connectivity index (χ1v) is 7.37. The smallest absolute Gasteiger partial charge is 0.0478 e. The summed E-state index contributed by atoms with van der Waals surface area (Å²) in [5, 5.41) is 3.51. The van der Waals surface area contributed by atoms with Crippen molar-refractivity contribution in [3.05, 3.63) is 0 Å². The van der Waals surface area contributed by atoms with Crippen molar-refractivity contribution in [1.29, 1.82) is 0 Å². The van der Waals surface area contributed by atoms with Crippen molar-refractivity contribution in [2.24, 2.45) is 5.92 Å². The van der Waals surface area contributed by atoms with Crippen LogP contribution in [-0.4, -0.2) is 50.8 Å². The van der Waals surface area contributed by atoms with Crippen LogP contribution in [0, 0.1) is 5.92 Å². The van der Waals surface area contributed by atoms with Crippen LogP contribution < -0.4 is 5.32 Å². The van der Waals surface area contributed by atoms with Crippen LogP contribution in [0.3, 0.4) is 0 Å². The molecule has 0 bridgehead atoms. The van der Waals surface area contributed by atoms with E-state index >= 15 is 0 Å². The molecule has 1 rings (SSSR count). The highest BCUT2D eigenvalue weighted by atomic mass is 16.5. The van der Waals surface area contributed by atoms with E-state index in [0.29, 0.717) is 0 Å². The minimum Gasteiger partial charge on any atom is -0.382 e. The Morgan fingerprint density at radius 2 is 2.18 bits per heavy atom. The summed E-state index contributed by atoms with van der Waals surface area (Å²) in [6, 6.07) is 0. The van der Waals surface area contributed by atoms with Gasteiger partial charge < -0.3 is 15.0 Å². The van der Waals surface area contributed by atoms with Crippen molar-refractivity contribution in [3.63, 3.8) is 0 Å². The predicted octanol–water partition coefficient (Wildman–Crippen LogP) is 2.12. The number of rotatable bonds is 9. The zero-order chi connectivity index (χ0) is 12.3. The Labute approximate surface area is 107 Å². The molecule has 1 heterocycles. The van der Waals surface area contributed by atoms with Crippen LogP contribution in [0.2, 0.25) is 0 Å². The lowest BCUT2D eigenvalue weighted by Gasteiger charge is -2.30. The molecule has 0 aromatic rings. The summed E-state index contributed by atoms with van der Waals surface area (Å²) in [7, 11) is 0. The third-order valence-electron chi connectivity index (χ3n) is 3.42. The van der Waals surface area contributed by atoms with Gasteiger partial charge >= 0.3 is 0 Å². The molecule has 0 amide bonds. The molecule has 0 aliphatic carbocycles. The fourth-order valence-corrected chi connectivity index (χ4v) is 2.59. The Bertz CT molecular complexity index is 170. The Morgan fingerprint density at radius 1 is 1.29 bits per heavy atom. The number of nitrogens with one attached hydrogen (secondary N) is 1. The molecule has 1 aliphatic heterocycles. The van der Waals surface area contributed by atoms with Crippen LogP contribution in [0.15, 0.2) is 0 Å². The van der Waals surface area contributed by atoms with Crippen LogP contribution in [0.4, 0.5) is 0 Å². The molecule has 1 N–H and O–H groups in total. The molecule has 0 radical (unpaired) electrons. The van der Waals surface area contributed by atoms with E-state index in [4.69, 9.17) is 4.74 Å². The summed E-state index contributed by atoms with van der Waals surface area (Å²) >= 11 is 0. The van der Waals surface area contributed by atoms with Gasteiger partial charge in [0, 0.05) is 26.3 Å². The number of piperidine rings is 1. The highest BCUT2D eigenvalue weighted by molar-refractivity contribution is 4.73. The average molecular weight is 242 g/mol. The van der Waals surface area contributed by atoms with Gasteiger partial charge in [0.15, 0.2) is 0 Å². The molecule has 0 saturated carbocycles. The second kappa shape index (κ2) is 9.86. The molecule has 1 fully saturated rings. The van der Waals surface area contributed by atoms with E-state index in [2.05, 4.69) is 24.1 Å². The SMILES string of the molecule is CCCN(CCCOCC)CC1CCCNC1. The summed E-state index contributed by atoms with van der Waals surface area (Å²) in [4.78, 5) is 2.62. The number of hydrogen-bond donors (Lipinski definition) is 1. The third-order valence-corrected chi connectivity index (χ3v) is 3.42. The summed E-state index contributed by atoms with van der Waals surface area (Å²) < 4.78 is 5.41. The van der Waals surface area contributed by atoms with Gasteiger partial charge in [-0.05, 0) is 58.2 Å². The molecule has 0 spiro atoms. The summed E-state index contributed by atoms with van der Waals surface area (Å²) in [6.45, 7) is 12.2. The second-order valence-corrected chi connectivity index (χ2v) is 5.06. The number of nitrogens with zero attached hydrogens (tertiary/aromatic N) is 1. The second-order valence-electron chi connectivity index (χ2n) is 5.06. The molecular weight excluding hydrogens is 212 g/mol. The van der Waals surface area contributed by atoms with Crippen molar-refractivity contribution < 1.29 is 4.74 Å². The van der Waals surface area contributed by atoms with E-state index in [0.717, 1.165) is 19.1 Å². The van der Waals surface area contributed by atoms with Crippen LogP contribution in [0.5, 0.6) is 0 Å². The van der Waals surface area contributed by atoms with Gasteiger partial charge in [-0.3, -0.25) is 0 Å². The fourth-order valence-electron chi connectivity index (χ4n) is 2.59. The average Bonchev–Trinajstić information content (AvgIpc) is 2.36. The first kappa shape index (κ1) is 14.9. The fraction of sp³-hybridized carbons (Fsp3) is 1.00. The lowest BCUT2D eigenvalue weighted by Crippen LogP contribution is -2.39. The maximum Gasteiger partial charge on any atom is 0.0478 e. The lowest BCUT2D eigenvalue weighted by molar-refractivity contribution is 0.126. The first-order chi connectivity index (χ1) is 8.36. The zero-order valence-electron chi connectivity index (χ0n) is 11.7. The molecule has 102 valence electrons. The molecule has 1 atom stereocenters. The van der Waals surface area contributed by atoms with Crippen molar-refractivity contribution in [3.8, 4) is 0 Å². The van der Waals surface area contributed by atoms with Crippen molar-refractivity contribution in [1.82, 2.24) is 10.2 Å². The quantitative estimate of drug-likeness (QED) is 0.627. The van der Waals surface area contributed by atoms with E-state index in [9.17, 15) is 0 Å². The number of ether oxygens (including phenoxy) is 1. The van der Waals surface area contributed by atoms with Gasteiger partial charge in [-0.25, -0.2) is 0 Å². The van der Waals surface area contributed by atoms with Gasteiger partial charge in [0.05, 0.1) is 0 Å². The van der Waals surface area contributed by atoms with E-state index in [-0.39, 0.29) is 0 Å². The molecule has 17 heavy (non-hydrogen) atoms. The zero-order valence-corrected chi connectivity index (χ0v) is 11.7. The topological polar surface area (TPSA) is 24.5 Å². The van der Waals surface area contributed by atoms with Gasteiger partial charge in [0.1, 0.15) is 0 Å². The summed E-state index contributed by atoms with van der Waals surface area (Å²) in [6.07, 6.45) is 5.19. The third kappa shape index (κ3) is 7.02. The molecule has 1 saturated heterocycles. The molecule has 1 unspecified atom stereocenters. The highest BCUT2D eigenvalue weighted by Gasteiger charge is 2.16. The maximum atomic E-state index is 5.41. The van der Waals surface area contributed by atoms with E-state index in [1.165, 1.54) is 58.4 Å². The molecule has 3 heteroatoms. The van der Waals surface area contributed by atoms with Crippen molar-refractivity contribution in [2.45, 2.75) is 39.5 Å². The van der Waals surface area contributed by atoms with Crippen LogP contribution in [0.25, 0.3) is 0 Å². The van der Waals surface area contributed by atoms with Crippen LogP contribution >= 0.6 is 0 Å². The Morgan fingerprint density at radius 3 is 2.82 bits per heavy atom. The first-order valence-electron chi connectivity index (χ1n) is 7.37. The maximum absolute atomic E-state index is 5.41. The monoisotopic (exact) mass is 242 g/mol. The Kier molecular flexibility index (Phi) is 8.67. The molecule has 3 nitrogen and oxygen atoms in total. The molecule has 0 aromatic carbocycles. The van der Waals surface area contributed by atoms with E-state index in [1.54, 1.807) is 0 Å². The van der Waals surface area contributed by atoms with Gasteiger partial charge in [-0.1, -0.05) is 6.92 Å².